The predicted molar refractivity (Wildman–Crippen MR) is 89.1 cm³/mol. The summed E-state index contributed by atoms with van der Waals surface area (Å²) in [6.45, 7) is 3.15. The summed E-state index contributed by atoms with van der Waals surface area (Å²) in [7, 11) is 0. The van der Waals surface area contributed by atoms with Crippen LogP contribution in [0, 0.1) is 6.92 Å². The van der Waals surface area contributed by atoms with E-state index in [1.807, 2.05) is 49.4 Å². The van der Waals surface area contributed by atoms with E-state index in [1.54, 1.807) is 0 Å². The molecule has 2 aromatic rings. The molecule has 0 aromatic heterocycles. The SMILES string of the molecule is Cc1ccc(OCCC(=O)NCCCc2ccccc2)cc1. The number of nitrogens with one attached hydrogen (secondary N) is 1. The van der Waals surface area contributed by atoms with Crippen LogP contribution in [-0.2, 0) is 11.2 Å². The molecule has 2 aromatic carbocycles. The molecule has 116 valence electrons. The second kappa shape index (κ2) is 8.88. The Labute approximate surface area is 132 Å². The van der Waals surface area contributed by atoms with Crippen LogP contribution in [-0.4, -0.2) is 19.1 Å². The van der Waals surface area contributed by atoms with Crippen LogP contribution in [0.3, 0.4) is 0 Å². The van der Waals surface area contributed by atoms with Crippen molar-refractivity contribution in [1.29, 1.82) is 0 Å². The van der Waals surface area contributed by atoms with Gasteiger partial charge in [-0.2, -0.15) is 0 Å². The minimum absolute atomic E-state index is 0.0418. The van der Waals surface area contributed by atoms with E-state index in [0.717, 1.165) is 18.6 Å². The zero-order valence-electron chi connectivity index (χ0n) is 13.0. The molecule has 0 radical (unpaired) electrons. The van der Waals surface area contributed by atoms with Gasteiger partial charge in [0.2, 0.25) is 5.91 Å². The smallest absolute Gasteiger partial charge is 0.223 e. The molecule has 0 bridgehead atoms. The van der Waals surface area contributed by atoms with Gasteiger partial charge in [-0.25, -0.2) is 0 Å². The van der Waals surface area contributed by atoms with Crippen molar-refractivity contribution in [3.63, 3.8) is 0 Å². The molecule has 0 saturated carbocycles. The molecule has 1 N–H and O–H groups in total. The van der Waals surface area contributed by atoms with Gasteiger partial charge in [-0.05, 0) is 37.5 Å². The topological polar surface area (TPSA) is 38.3 Å². The van der Waals surface area contributed by atoms with Crippen LogP contribution in [0.25, 0.3) is 0 Å². The summed E-state index contributed by atoms with van der Waals surface area (Å²) < 4.78 is 5.55. The first-order chi connectivity index (χ1) is 10.7. The highest BCUT2D eigenvalue weighted by Gasteiger charge is 2.01. The van der Waals surface area contributed by atoms with Gasteiger partial charge in [0.25, 0.3) is 0 Å². The normalized spacial score (nSPS) is 10.2. The maximum absolute atomic E-state index is 11.7. The minimum Gasteiger partial charge on any atom is -0.493 e. The number of benzene rings is 2. The first-order valence-corrected chi connectivity index (χ1v) is 7.74. The van der Waals surface area contributed by atoms with E-state index in [2.05, 4.69) is 17.4 Å². The Morgan fingerprint density at radius 2 is 1.77 bits per heavy atom. The van der Waals surface area contributed by atoms with Crippen LogP contribution in [0.15, 0.2) is 54.6 Å². The summed E-state index contributed by atoms with van der Waals surface area (Å²) in [5.41, 5.74) is 2.50. The van der Waals surface area contributed by atoms with Crippen molar-refractivity contribution in [3.05, 3.63) is 65.7 Å². The third-order valence-corrected chi connectivity index (χ3v) is 3.43. The molecule has 0 aliphatic heterocycles. The summed E-state index contributed by atoms with van der Waals surface area (Å²) in [5, 5.41) is 2.93. The zero-order valence-corrected chi connectivity index (χ0v) is 13.0. The lowest BCUT2D eigenvalue weighted by Gasteiger charge is -2.07. The van der Waals surface area contributed by atoms with Crippen LogP contribution < -0.4 is 10.1 Å². The summed E-state index contributed by atoms with van der Waals surface area (Å²) in [6, 6.07) is 18.2. The Morgan fingerprint density at radius 1 is 1.05 bits per heavy atom. The van der Waals surface area contributed by atoms with E-state index in [9.17, 15) is 4.79 Å². The molecular weight excluding hydrogens is 274 g/mol. The molecule has 0 spiro atoms. The second-order valence-electron chi connectivity index (χ2n) is 5.35. The molecule has 0 fully saturated rings. The van der Waals surface area contributed by atoms with Gasteiger partial charge in [-0.1, -0.05) is 48.0 Å². The third-order valence-electron chi connectivity index (χ3n) is 3.43. The van der Waals surface area contributed by atoms with E-state index >= 15 is 0 Å². The van der Waals surface area contributed by atoms with Gasteiger partial charge in [0, 0.05) is 6.54 Å². The fourth-order valence-corrected chi connectivity index (χ4v) is 2.15. The Morgan fingerprint density at radius 3 is 2.50 bits per heavy atom. The lowest BCUT2D eigenvalue weighted by atomic mass is 10.1. The van der Waals surface area contributed by atoms with Gasteiger partial charge in [-0.15, -0.1) is 0 Å². The van der Waals surface area contributed by atoms with Crippen LogP contribution in [0.5, 0.6) is 5.75 Å². The highest BCUT2D eigenvalue weighted by molar-refractivity contribution is 5.75. The molecule has 0 unspecified atom stereocenters. The summed E-state index contributed by atoms with van der Waals surface area (Å²) in [5.74, 6) is 0.850. The zero-order chi connectivity index (χ0) is 15.6. The number of hydrogen-bond acceptors (Lipinski definition) is 2. The summed E-state index contributed by atoms with van der Waals surface area (Å²) >= 11 is 0. The monoisotopic (exact) mass is 297 g/mol. The van der Waals surface area contributed by atoms with Crippen LogP contribution >= 0.6 is 0 Å². The highest BCUT2D eigenvalue weighted by Crippen LogP contribution is 2.11. The van der Waals surface area contributed by atoms with Crippen LogP contribution in [0.2, 0.25) is 0 Å². The van der Waals surface area contributed by atoms with Crippen LogP contribution in [0.4, 0.5) is 0 Å². The maximum Gasteiger partial charge on any atom is 0.223 e. The third kappa shape index (κ3) is 6.00. The fraction of sp³-hybridized carbons (Fsp3) is 0.316. The van der Waals surface area contributed by atoms with Crippen molar-refractivity contribution >= 4 is 5.91 Å². The Hall–Kier alpha value is -2.29. The largest absolute Gasteiger partial charge is 0.493 e. The Kier molecular flexibility index (Phi) is 6.49. The molecule has 2 rings (SSSR count). The Bertz CT molecular complexity index is 564. The first-order valence-electron chi connectivity index (χ1n) is 7.74. The first kappa shape index (κ1) is 16.1. The summed E-state index contributed by atoms with van der Waals surface area (Å²) in [4.78, 5) is 11.7. The van der Waals surface area contributed by atoms with Crippen molar-refractivity contribution in [2.45, 2.75) is 26.2 Å². The molecule has 0 atom stereocenters. The van der Waals surface area contributed by atoms with Crippen molar-refractivity contribution in [3.8, 4) is 5.75 Å². The van der Waals surface area contributed by atoms with Gasteiger partial charge in [0.15, 0.2) is 0 Å². The lowest BCUT2D eigenvalue weighted by molar-refractivity contribution is -0.121. The minimum atomic E-state index is 0.0418. The quantitative estimate of drug-likeness (QED) is 0.757. The van der Waals surface area contributed by atoms with Gasteiger partial charge >= 0.3 is 0 Å². The van der Waals surface area contributed by atoms with Gasteiger partial charge in [0.1, 0.15) is 5.75 Å². The molecule has 1 amide bonds. The number of hydrogen-bond donors (Lipinski definition) is 1. The molecule has 0 heterocycles. The molecule has 3 heteroatoms. The molecular formula is C19H23NO2. The van der Waals surface area contributed by atoms with Gasteiger partial charge in [-0.3, -0.25) is 4.79 Å². The standard InChI is InChI=1S/C19H23NO2/c1-16-9-11-18(12-10-16)22-15-13-19(21)20-14-5-8-17-6-3-2-4-7-17/h2-4,6-7,9-12H,5,8,13-15H2,1H3,(H,20,21). The number of rotatable bonds is 8. The van der Waals surface area contributed by atoms with Crippen molar-refractivity contribution in [2.75, 3.05) is 13.2 Å². The van der Waals surface area contributed by atoms with Gasteiger partial charge < -0.3 is 10.1 Å². The molecule has 0 saturated heterocycles. The van der Waals surface area contributed by atoms with E-state index in [4.69, 9.17) is 4.74 Å². The van der Waals surface area contributed by atoms with E-state index < -0.39 is 0 Å². The predicted octanol–water partition coefficient (Wildman–Crippen LogP) is 3.51. The van der Waals surface area contributed by atoms with E-state index in [-0.39, 0.29) is 5.91 Å². The number of carbonyl (C=O) groups excluding carboxylic acids is 1. The van der Waals surface area contributed by atoms with Gasteiger partial charge in [0.05, 0.1) is 13.0 Å². The average Bonchev–Trinajstić information content (AvgIpc) is 2.54. The number of amides is 1. The maximum atomic E-state index is 11.7. The van der Waals surface area contributed by atoms with E-state index in [1.165, 1.54) is 11.1 Å². The molecule has 3 nitrogen and oxygen atoms in total. The molecule has 0 aliphatic carbocycles. The second-order valence-corrected chi connectivity index (χ2v) is 5.35. The van der Waals surface area contributed by atoms with Crippen LogP contribution in [0.1, 0.15) is 24.0 Å². The highest BCUT2D eigenvalue weighted by atomic mass is 16.5. The number of aryl methyl sites for hydroxylation is 2. The number of ether oxygens (including phenoxy) is 1. The molecule has 0 aliphatic rings. The number of carbonyl (C=O) groups is 1. The Balaban J connectivity index is 1.55. The average molecular weight is 297 g/mol. The summed E-state index contributed by atoms with van der Waals surface area (Å²) in [6.07, 6.45) is 2.33. The van der Waals surface area contributed by atoms with Crippen molar-refractivity contribution in [2.24, 2.45) is 0 Å². The van der Waals surface area contributed by atoms with Crippen molar-refractivity contribution in [1.82, 2.24) is 5.32 Å². The lowest BCUT2D eigenvalue weighted by Crippen LogP contribution is -2.26. The van der Waals surface area contributed by atoms with Crippen molar-refractivity contribution < 1.29 is 9.53 Å². The molecule has 22 heavy (non-hydrogen) atoms. The fourth-order valence-electron chi connectivity index (χ4n) is 2.15. The van der Waals surface area contributed by atoms with E-state index in [0.29, 0.717) is 19.6 Å².